The Kier molecular flexibility index (Phi) is 4.39. The minimum Gasteiger partial charge on any atom is -0.345 e. The Morgan fingerprint density at radius 2 is 1.55 bits per heavy atom. The Morgan fingerprint density at radius 3 is 2.00 bits per heavy atom. The van der Waals surface area contributed by atoms with Crippen LogP contribution in [0.4, 0.5) is 11.4 Å². The quantitative estimate of drug-likeness (QED) is 0.916. The van der Waals surface area contributed by atoms with Crippen molar-refractivity contribution >= 4 is 11.4 Å². The van der Waals surface area contributed by atoms with Gasteiger partial charge in [0, 0.05) is 24.5 Å². The predicted octanol–water partition coefficient (Wildman–Crippen LogP) is 3.74. The number of anilines is 2. The van der Waals surface area contributed by atoms with E-state index in [1.165, 1.54) is 0 Å². The molecule has 2 aromatic rings. The van der Waals surface area contributed by atoms with Gasteiger partial charge in [-0.25, -0.2) is 0 Å². The van der Waals surface area contributed by atoms with Gasteiger partial charge in [0.25, 0.3) is 0 Å². The van der Waals surface area contributed by atoms with Crippen molar-refractivity contribution < 1.29 is 0 Å². The molecular weight excluding hydrogens is 246 g/mol. The molecule has 0 fully saturated rings. The summed E-state index contributed by atoms with van der Waals surface area (Å²) in [6, 6.07) is 18.1. The van der Waals surface area contributed by atoms with Gasteiger partial charge in [-0.2, -0.15) is 5.26 Å². The molecule has 0 radical (unpaired) electrons. The van der Waals surface area contributed by atoms with E-state index in [0.29, 0.717) is 5.56 Å². The maximum atomic E-state index is 8.81. The van der Waals surface area contributed by atoms with E-state index < -0.39 is 0 Å². The average Bonchev–Trinajstić information content (AvgIpc) is 2.53. The first-order valence-electron chi connectivity index (χ1n) is 6.75. The Labute approximate surface area is 120 Å². The van der Waals surface area contributed by atoms with Gasteiger partial charge in [0.2, 0.25) is 0 Å². The summed E-state index contributed by atoms with van der Waals surface area (Å²) < 4.78 is 0. The molecule has 0 amide bonds. The zero-order chi connectivity index (χ0) is 14.5. The van der Waals surface area contributed by atoms with Crippen LogP contribution in [0.1, 0.15) is 30.5 Å². The summed E-state index contributed by atoms with van der Waals surface area (Å²) >= 11 is 0. The Morgan fingerprint density at radius 1 is 1.05 bits per heavy atom. The number of hydrogen-bond donors (Lipinski definition) is 1. The molecule has 2 aromatic carbocycles. The Bertz CT molecular complexity index is 594. The lowest BCUT2D eigenvalue weighted by Gasteiger charge is -2.20. The van der Waals surface area contributed by atoms with Crippen molar-refractivity contribution in [2.45, 2.75) is 19.4 Å². The Hall–Kier alpha value is -2.31. The molecule has 3 heteroatoms. The molecular formula is C17H19N3. The number of rotatable bonds is 4. The van der Waals surface area contributed by atoms with E-state index in [4.69, 9.17) is 11.0 Å². The molecule has 0 saturated heterocycles. The number of hydrogen-bond acceptors (Lipinski definition) is 3. The molecule has 0 aliphatic carbocycles. The van der Waals surface area contributed by atoms with Crippen LogP contribution in [0.25, 0.3) is 0 Å². The van der Waals surface area contributed by atoms with Crippen LogP contribution in [0.3, 0.4) is 0 Å². The number of nitriles is 1. The van der Waals surface area contributed by atoms with E-state index in [9.17, 15) is 0 Å². The van der Waals surface area contributed by atoms with E-state index in [1.807, 2.05) is 31.3 Å². The van der Waals surface area contributed by atoms with E-state index >= 15 is 0 Å². The highest BCUT2D eigenvalue weighted by Gasteiger charge is 2.06. The fraction of sp³-hybridized carbons (Fsp3) is 0.235. The van der Waals surface area contributed by atoms with Crippen LogP contribution >= 0.6 is 0 Å². The fourth-order valence-corrected chi connectivity index (χ4v) is 2.09. The van der Waals surface area contributed by atoms with Crippen molar-refractivity contribution in [3.8, 4) is 6.07 Å². The second-order valence-corrected chi connectivity index (χ2v) is 4.82. The topological polar surface area (TPSA) is 53.0 Å². The van der Waals surface area contributed by atoms with Gasteiger partial charge in [-0.3, -0.25) is 0 Å². The first kappa shape index (κ1) is 14.1. The van der Waals surface area contributed by atoms with Gasteiger partial charge >= 0.3 is 0 Å². The molecule has 0 saturated carbocycles. The van der Waals surface area contributed by atoms with E-state index in [1.54, 1.807) is 0 Å². The normalized spacial score (nSPS) is 11.7. The summed E-state index contributed by atoms with van der Waals surface area (Å²) in [5, 5.41) is 8.81. The molecule has 0 heterocycles. The minimum absolute atomic E-state index is 0.101. The van der Waals surface area contributed by atoms with Gasteiger partial charge in [0.15, 0.2) is 0 Å². The van der Waals surface area contributed by atoms with Crippen molar-refractivity contribution in [3.05, 3.63) is 59.7 Å². The van der Waals surface area contributed by atoms with E-state index in [0.717, 1.165) is 23.4 Å². The molecule has 3 nitrogen and oxygen atoms in total. The first-order chi connectivity index (χ1) is 9.65. The molecule has 102 valence electrons. The third-order valence-electron chi connectivity index (χ3n) is 3.53. The molecule has 0 spiro atoms. The van der Waals surface area contributed by atoms with Gasteiger partial charge in [0.05, 0.1) is 11.6 Å². The molecule has 2 rings (SSSR count). The van der Waals surface area contributed by atoms with E-state index in [-0.39, 0.29) is 6.04 Å². The highest BCUT2D eigenvalue weighted by molar-refractivity contribution is 5.63. The van der Waals surface area contributed by atoms with Crippen LogP contribution in [0.15, 0.2) is 48.5 Å². The average molecular weight is 265 g/mol. The second kappa shape index (κ2) is 6.23. The van der Waals surface area contributed by atoms with Gasteiger partial charge in [-0.05, 0) is 48.4 Å². The summed E-state index contributed by atoms with van der Waals surface area (Å²) in [5.74, 6) is 0. The van der Waals surface area contributed by atoms with Crippen molar-refractivity contribution in [3.63, 3.8) is 0 Å². The van der Waals surface area contributed by atoms with Crippen LogP contribution in [0.2, 0.25) is 0 Å². The summed E-state index contributed by atoms with van der Waals surface area (Å²) in [6.07, 6.45) is 0.935. The first-order valence-corrected chi connectivity index (χ1v) is 6.75. The van der Waals surface area contributed by atoms with Gasteiger partial charge in [0.1, 0.15) is 0 Å². The Balaban J connectivity index is 2.20. The maximum Gasteiger partial charge on any atom is 0.0991 e. The monoisotopic (exact) mass is 265 g/mol. The lowest BCUT2D eigenvalue weighted by atomic mass is 10.0. The van der Waals surface area contributed by atoms with Gasteiger partial charge in [-0.1, -0.05) is 19.1 Å². The van der Waals surface area contributed by atoms with Crippen LogP contribution in [0.5, 0.6) is 0 Å². The molecule has 0 bridgehead atoms. The number of benzene rings is 2. The number of nitrogens with zero attached hydrogens (tertiary/aromatic N) is 2. The SMILES string of the molecule is CC[C@@H](N)c1ccc(N(C)c2ccc(C#N)cc2)cc1. The summed E-state index contributed by atoms with van der Waals surface area (Å²) in [6.45, 7) is 2.08. The maximum absolute atomic E-state index is 8.81. The molecule has 2 N–H and O–H groups in total. The summed E-state index contributed by atoms with van der Waals surface area (Å²) in [5.41, 5.74) is 10.0. The zero-order valence-electron chi connectivity index (χ0n) is 11.9. The number of nitrogens with two attached hydrogens (primary N) is 1. The highest BCUT2D eigenvalue weighted by atomic mass is 15.1. The van der Waals surface area contributed by atoms with Crippen molar-refractivity contribution in [2.24, 2.45) is 5.73 Å². The predicted molar refractivity (Wildman–Crippen MR) is 82.9 cm³/mol. The zero-order valence-corrected chi connectivity index (χ0v) is 11.9. The third kappa shape index (κ3) is 2.98. The molecule has 0 aliphatic rings. The van der Waals surface area contributed by atoms with E-state index in [2.05, 4.69) is 42.2 Å². The smallest absolute Gasteiger partial charge is 0.0991 e. The lowest BCUT2D eigenvalue weighted by molar-refractivity contribution is 0.699. The van der Waals surface area contributed by atoms with Crippen molar-refractivity contribution in [1.29, 1.82) is 5.26 Å². The van der Waals surface area contributed by atoms with Gasteiger partial charge < -0.3 is 10.6 Å². The second-order valence-electron chi connectivity index (χ2n) is 4.82. The molecule has 0 aromatic heterocycles. The van der Waals surface area contributed by atoms with Crippen LogP contribution in [0, 0.1) is 11.3 Å². The minimum atomic E-state index is 0.101. The summed E-state index contributed by atoms with van der Waals surface area (Å²) in [7, 11) is 2.01. The molecule has 0 aliphatic heterocycles. The summed E-state index contributed by atoms with van der Waals surface area (Å²) in [4.78, 5) is 2.09. The largest absolute Gasteiger partial charge is 0.345 e. The van der Waals surface area contributed by atoms with Crippen LogP contribution < -0.4 is 10.6 Å². The van der Waals surface area contributed by atoms with Gasteiger partial charge in [-0.15, -0.1) is 0 Å². The van der Waals surface area contributed by atoms with Crippen LogP contribution in [-0.4, -0.2) is 7.05 Å². The highest BCUT2D eigenvalue weighted by Crippen LogP contribution is 2.25. The van der Waals surface area contributed by atoms with Crippen molar-refractivity contribution in [2.75, 3.05) is 11.9 Å². The molecule has 0 unspecified atom stereocenters. The third-order valence-corrected chi connectivity index (χ3v) is 3.53. The molecule has 1 atom stereocenters. The van der Waals surface area contributed by atoms with Crippen molar-refractivity contribution in [1.82, 2.24) is 0 Å². The fourth-order valence-electron chi connectivity index (χ4n) is 2.09. The standard InChI is InChI=1S/C17H19N3/c1-3-17(19)14-6-10-16(11-7-14)20(2)15-8-4-13(12-18)5-9-15/h4-11,17H,3,19H2,1-2H3/t17-/m1/s1. The lowest BCUT2D eigenvalue weighted by Crippen LogP contribution is -2.11. The molecule has 20 heavy (non-hydrogen) atoms. The van der Waals surface area contributed by atoms with Crippen LogP contribution in [-0.2, 0) is 0 Å².